The number of ketones is 1. The molecule has 0 bridgehead atoms. The maximum absolute atomic E-state index is 11.3. The van der Waals surface area contributed by atoms with Crippen LogP contribution in [0.5, 0.6) is 0 Å². The molecule has 1 unspecified atom stereocenters. The van der Waals surface area contributed by atoms with Crippen LogP contribution < -0.4 is 0 Å². The van der Waals surface area contributed by atoms with Crippen LogP contribution in [0.25, 0.3) is 0 Å². The van der Waals surface area contributed by atoms with Gasteiger partial charge in [-0.25, -0.2) is 0 Å². The van der Waals surface area contributed by atoms with Gasteiger partial charge in [0, 0.05) is 12.3 Å². The third kappa shape index (κ3) is 12.1. The van der Waals surface area contributed by atoms with E-state index in [0.29, 0.717) is 5.78 Å². The summed E-state index contributed by atoms with van der Waals surface area (Å²) in [7, 11) is 0. The number of unbranched alkanes of at least 4 members (excludes halogenated alkanes) is 10. The Labute approximate surface area is 115 Å². The second kappa shape index (κ2) is 13.1. The summed E-state index contributed by atoms with van der Waals surface area (Å²) in [5, 5.41) is 0. The summed E-state index contributed by atoms with van der Waals surface area (Å²) < 4.78 is 0. The Morgan fingerprint density at radius 2 is 1.22 bits per heavy atom. The Bertz CT molecular complexity index is 184. The van der Waals surface area contributed by atoms with E-state index in [1.807, 2.05) is 6.92 Å². The van der Waals surface area contributed by atoms with Crippen LogP contribution in [0.2, 0.25) is 0 Å². The lowest BCUT2D eigenvalue weighted by molar-refractivity contribution is -0.121. The van der Waals surface area contributed by atoms with Crippen molar-refractivity contribution in [2.75, 3.05) is 0 Å². The average Bonchev–Trinajstić information content (AvgIpc) is 2.35. The van der Waals surface area contributed by atoms with Gasteiger partial charge in [-0.3, -0.25) is 4.79 Å². The Kier molecular flexibility index (Phi) is 12.9. The number of hydrogen-bond donors (Lipinski definition) is 0. The normalized spacial score (nSPS) is 11.1. The molecule has 0 amide bonds. The molecule has 0 aromatic rings. The van der Waals surface area contributed by atoms with Gasteiger partial charge in [-0.15, -0.1) is 0 Å². The monoisotopic (exact) mass is 253 g/mol. The Hall–Kier alpha value is -0.330. The molecule has 0 N–H and O–H groups in total. The number of Topliss-reactive ketones (excluding diaryl/α,β-unsaturated/α-hetero) is 1. The molecular formula is C17H33O. The van der Waals surface area contributed by atoms with Crippen molar-refractivity contribution in [3.05, 3.63) is 6.92 Å². The largest absolute Gasteiger partial charge is 0.299 e. The lowest BCUT2D eigenvalue weighted by Crippen LogP contribution is -2.06. The molecule has 18 heavy (non-hydrogen) atoms. The van der Waals surface area contributed by atoms with Crippen molar-refractivity contribution in [3.63, 3.8) is 0 Å². The van der Waals surface area contributed by atoms with Gasteiger partial charge in [-0.05, 0) is 13.3 Å². The molecule has 0 saturated carbocycles. The van der Waals surface area contributed by atoms with E-state index in [1.54, 1.807) is 0 Å². The van der Waals surface area contributed by atoms with E-state index in [1.165, 1.54) is 64.2 Å². The minimum absolute atomic E-state index is 0.0203. The second-order valence-corrected chi connectivity index (χ2v) is 5.65. The predicted molar refractivity (Wildman–Crippen MR) is 80.6 cm³/mol. The van der Waals surface area contributed by atoms with Crippen molar-refractivity contribution < 1.29 is 4.79 Å². The fourth-order valence-electron chi connectivity index (χ4n) is 2.21. The van der Waals surface area contributed by atoms with E-state index in [-0.39, 0.29) is 5.92 Å². The second-order valence-electron chi connectivity index (χ2n) is 5.65. The number of carbonyl (C=O) groups is 1. The van der Waals surface area contributed by atoms with Gasteiger partial charge in [0.05, 0.1) is 0 Å². The topological polar surface area (TPSA) is 17.1 Å². The molecule has 107 valence electrons. The molecule has 0 aromatic heterocycles. The predicted octanol–water partition coefficient (Wildman–Crippen LogP) is 5.73. The third-order valence-electron chi connectivity index (χ3n) is 3.58. The Morgan fingerprint density at radius 3 is 1.61 bits per heavy atom. The first-order valence-electron chi connectivity index (χ1n) is 8.04. The Morgan fingerprint density at radius 1 is 0.833 bits per heavy atom. The molecule has 0 aliphatic carbocycles. The highest BCUT2D eigenvalue weighted by Crippen LogP contribution is 2.12. The van der Waals surface area contributed by atoms with Gasteiger partial charge in [-0.2, -0.15) is 0 Å². The minimum atomic E-state index is -0.0203. The highest BCUT2D eigenvalue weighted by atomic mass is 16.1. The Balaban J connectivity index is 3.05. The number of carbonyl (C=O) groups excluding carboxylic acids is 1. The fourth-order valence-corrected chi connectivity index (χ4v) is 2.21. The van der Waals surface area contributed by atoms with Gasteiger partial charge in [0.25, 0.3) is 0 Å². The first kappa shape index (κ1) is 17.7. The van der Waals surface area contributed by atoms with Gasteiger partial charge in [0.2, 0.25) is 0 Å². The third-order valence-corrected chi connectivity index (χ3v) is 3.58. The summed E-state index contributed by atoms with van der Waals surface area (Å²) in [6, 6.07) is 0. The van der Waals surface area contributed by atoms with Crippen molar-refractivity contribution in [2.24, 2.45) is 5.92 Å². The fraction of sp³-hybridized carbons (Fsp3) is 0.882. The summed E-state index contributed by atoms with van der Waals surface area (Å²) >= 11 is 0. The van der Waals surface area contributed by atoms with Crippen LogP contribution in [-0.4, -0.2) is 5.78 Å². The molecule has 1 radical (unpaired) electrons. The summed E-state index contributed by atoms with van der Waals surface area (Å²) in [6.45, 7) is 7.91. The van der Waals surface area contributed by atoms with E-state index in [9.17, 15) is 4.79 Å². The highest BCUT2D eigenvalue weighted by molar-refractivity contribution is 5.81. The van der Waals surface area contributed by atoms with Crippen LogP contribution in [0.4, 0.5) is 0 Å². The van der Waals surface area contributed by atoms with Crippen molar-refractivity contribution in [2.45, 2.75) is 90.9 Å². The summed E-state index contributed by atoms with van der Waals surface area (Å²) in [4.78, 5) is 11.3. The number of rotatable bonds is 13. The van der Waals surface area contributed by atoms with Crippen molar-refractivity contribution in [1.82, 2.24) is 0 Å². The molecule has 0 aliphatic rings. The highest BCUT2D eigenvalue weighted by Gasteiger charge is 2.05. The van der Waals surface area contributed by atoms with Crippen molar-refractivity contribution >= 4 is 5.78 Å². The first-order valence-corrected chi connectivity index (χ1v) is 8.04. The van der Waals surface area contributed by atoms with Gasteiger partial charge in [0.15, 0.2) is 0 Å². The van der Waals surface area contributed by atoms with Crippen molar-refractivity contribution in [3.8, 4) is 0 Å². The zero-order chi connectivity index (χ0) is 13.6. The lowest BCUT2D eigenvalue weighted by Gasteiger charge is -2.04. The SMILES string of the molecule is [CH2]C(C)C(=O)CCCCCCCCCCCCC. The molecule has 1 nitrogen and oxygen atoms in total. The van der Waals surface area contributed by atoms with Crippen LogP contribution in [0.1, 0.15) is 90.9 Å². The standard InChI is InChI=1S/C17H33O/c1-4-5-6-7-8-9-10-11-12-13-14-15-17(18)16(2)3/h16H,2,4-15H2,1,3H3. The summed E-state index contributed by atoms with van der Waals surface area (Å²) in [5.74, 6) is 0.305. The number of hydrogen-bond acceptors (Lipinski definition) is 1. The molecule has 0 rings (SSSR count). The summed E-state index contributed by atoms with van der Waals surface area (Å²) in [5.41, 5.74) is 0. The molecule has 0 spiro atoms. The van der Waals surface area contributed by atoms with Crippen LogP contribution in [0.3, 0.4) is 0 Å². The van der Waals surface area contributed by atoms with Crippen LogP contribution >= 0.6 is 0 Å². The molecular weight excluding hydrogens is 220 g/mol. The van der Waals surface area contributed by atoms with Gasteiger partial charge >= 0.3 is 0 Å². The van der Waals surface area contributed by atoms with Crippen LogP contribution in [0, 0.1) is 12.8 Å². The minimum Gasteiger partial charge on any atom is -0.299 e. The van der Waals surface area contributed by atoms with E-state index in [4.69, 9.17) is 0 Å². The van der Waals surface area contributed by atoms with Gasteiger partial charge in [-0.1, -0.05) is 78.1 Å². The zero-order valence-electron chi connectivity index (χ0n) is 12.7. The first-order chi connectivity index (χ1) is 8.68. The van der Waals surface area contributed by atoms with Gasteiger partial charge < -0.3 is 0 Å². The zero-order valence-corrected chi connectivity index (χ0v) is 12.7. The molecule has 1 heteroatoms. The lowest BCUT2D eigenvalue weighted by atomic mass is 10.0. The quantitative estimate of drug-likeness (QED) is 0.383. The van der Waals surface area contributed by atoms with E-state index < -0.39 is 0 Å². The average molecular weight is 253 g/mol. The van der Waals surface area contributed by atoms with Crippen LogP contribution in [0.15, 0.2) is 0 Å². The molecule has 0 aliphatic heterocycles. The maximum atomic E-state index is 11.3. The van der Waals surface area contributed by atoms with E-state index >= 15 is 0 Å². The molecule has 0 aromatic carbocycles. The summed E-state index contributed by atoms with van der Waals surface area (Å²) in [6.07, 6.45) is 15.4. The molecule has 0 fully saturated rings. The van der Waals surface area contributed by atoms with Crippen LogP contribution in [-0.2, 0) is 4.79 Å². The molecule has 1 atom stereocenters. The van der Waals surface area contributed by atoms with E-state index in [0.717, 1.165) is 12.8 Å². The van der Waals surface area contributed by atoms with E-state index in [2.05, 4.69) is 13.8 Å². The van der Waals surface area contributed by atoms with Crippen molar-refractivity contribution in [1.29, 1.82) is 0 Å². The maximum Gasteiger partial charge on any atom is 0.135 e. The molecule has 0 heterocycles. The smallest absolute Gasteiger partial charge is 0.135 e. The van der Waals surface area contributed by atoms with Gasteiger partial charge in [0.1, 0.15) is 5.78 Å². The molecule has 0 saturated heterocycles.